The molecule has 1 aliphatic heterocycles. The van der Waals surface area contributed by atoms with E-state index in [-0.39, 0.29) is 11.9 Å². The fraction of sp³-hybridized carbons (Fsp3) is 0.571. The normalized spacial score (nSPS) is 22.9. The van der Waals surface area contributed by atoms with Crippen LogP contribution >= 0.6 is 0 Å². The molecule has 2 nitrogen and oxygen atoms in total. The lowest BCUT2D eigenvalue weighted by atomic mass is 10.1. The zero-order valence-electron chi connectivity index (χ0n) is 10.6. The third-order valence-electron chi connectivity index (χ3n) is 3.70. The molecule has 1 N–H and O–H groups in total. The van der Waals surface area contributed by atoms with Crippen molar-refractivity contribution in [3.63, 3.8) is 0 Å². The van der Waals surface area contributed by atoms with E-state index in [2.05, 4.69) is 17.3 Å². The van der Waals surface area contributed by atoms with Gasteiger partial charge in [0.1, 0.15) is 5.82 Å². The van der Waals surface area contributed by atoms with E-state index in [1.165, 1.54) is 25.5 Å². The van der Waals surface area contributed by atoms with Crippen molar-refractivity contribution in [1.82, 2.24) is 10.2 Å². The smallest absolute Gasteiger partial charge is 0.127 e. The molecule has 2 rings (SSSR count). The molecule has 0 bridgehead atoms. The number of nitrogens with zero attached hydrogens (tertiary/aromatic N) is 1. The monoisotopic (exact) mass is 236 g/mol. The van der Waals surface area contributed by atoms with Crippen LogP contribution in [-0.2, 0) is 0 Å². The van der Waals surface area contributed by atoms with Crippen LogP contribution in [-0.4, -0.2) is 31.1 Å². The van der Waals surface area contributed by atoms with Crippen molar-refractivity contribution >= 4 is 0 Å². The molecule has 3 heteroatoms. The lowest BCUT2D eigenvalue weighted by Gasteiger charge is -2.23. The minimum absolute atomic E-state index is 0.0743. The summed E-state index contributed by atoms with van der Waals surface area (Å²) in [6, 6.07) is 7.67. The Labute approximate surface area is 103 Å². The van der Waals surface area contributed by atoms with Crippen molar-refractivity contribution in [3.8, 4) is 0 Å². The van der Waals surface area contributed by atoms with E-state index >= 15 is 0 Å². The van der Waals surface area contributed by atoms with E-state index in [0.29, 0.717) is 6.04 Å². The quantitative estimate of drug-likeness (QED) is 0.864. The third-order valence-corrected chi connectivity index (χ3v) is 3.70. The number of halogens is 1. The number of hydrogen-bond donors (Lipinski definition) is 1. The van der Waals surface area contributed by atoms with Crippen LogP contribution < -0.4 is 5.32 Å². The number of benzene rings is 1. The molecule has 0 spiro atoms. The van der Waals surface area contributed by atoms with Gasteiger partial charge in [-0.3, -0.25) is 0 Å². The van der Waals surface area contributed by atoms with E-state index in [1.807, 2.05) is 19.1 Å². The predicted molar refractivity (Wildman–Crippen MR) is 68.5 cm³/mol. The summed E-state index contributed by atoms with van der Waals surface area (Å²) in [6.07, 6.45) is 2.52. The highest BCUT2D eigenvalue weighted by molar-refractivity contribution is 5.20. The van der Waals surface area contributed by atoms with E-state index in [0.717, 1.165) is 12.1 Å². The van der Waals surface area contributed by atoms with Crippen molar-refractivity contribution in [2.24, 2.45) is 0 Å². The van der Waals surface area contributed by atoms with Crippen LogP contribution in [0.1, 0.15) is 31.4 Å². The number of likely N-dealkylation sites (N-methyl/N-ethyl adjacent to an activating group) is 1. The maximum Gasteiger partial charge on any atom is 0.127 e. The van der Waals surface area contributed by atoms with Gasteiger partial charge in [0.25, 0.3) is 0 Å². The first-order valence-electron chi connectivity index (χ1n) is 6.36. The fourth-order valence-corrected chi connectivity index (χ4v) is 2.49. The van der Waals surface area contributed by atoms with E-state index in [4.69, 9.17) is 0 Å². The van der Waals surface area contributed by atoms with Gasteiger partial charge in [0.05, 0.1) is 0 Å². The molecule has 1 heterocycles. The molecule has 1 aliphatic rings. The highest BCUT2D eigenvalue weighted by Gasteiger charge is 2.21. The minimum Gasteiger partial charge on any atom is -0.309 e. The molecule has 2 unspecified atom stereocenters. The predicted octanol–water partition coefficient (Wildman–Crippen LogP) is 2.57. The summed E-state index contributed by atoms with van der Waals surface area (Å²) in [5.41, 5.74) is 0.758. The van der Waals surface area contributed by atoms with Crippen molar-refractivity contribution in [2.45, 2.75) is 31.8 Å². The SMILES string of the molecule is CC(NCC1CCCN1C)c1ccccc1F. The van der Waals surface area contributed by atoms with Crippen LogP contribution in [0.25, 0.3) is 0 Å². The second-order valence-corrected chi connectivity index (χ2v) is 4.93. The van der Waals surface area contributed by atoms with Crippen LogP contribution in [0.3, 0.4) is 0 Å². The molecule has 1 aromatic carbocycles. The first kappa shape index (κ1) is 12.5. The van der Waals surface area contributed by atoms with Crippen molar-refractivity contribution in [1.29, 1.82) is 0 Å². The molecule has 0 saturated carbocycles. The Morgan fingerprint density at radius 2 is 2.24 bits per heavy atom. The molecule has 1 fully saturated rings. The molecular formula is C14H21FN2. The number of hydrogen-bond acceptors (Lipinski definition) is 2. The average Bonchev–Trinajstić information content (AvgIpc) is 2.72. The third kappa shape index (κ3) is 3.05. The standard InChI is InChI=1S/C14H21FN2/c1-11(13-7-3-4-8-14(13)15)16-10-12-6-5-9-17(12)2/h3-4,7-8,11-12,16H,5-6,9-10H2,1-2H3. The molecule has 0 aromatic heterocycles. The zero-order valence-corrected chi connectivity index (χ0v) is 10.6. The minimum atomic E-state index is -0.118. The van der Waals surface area contributed by atoms with Crippen LogP contribution in [0.5, 0.6) is 0 Å². The molecule has 1 saturated heterocycles. The van der Waals surface area contributed by atoms with Gasteiger partial charge in [0.2, 0.25) is 0 Å². The lowest BCUT2D eigenvalue weighted by Crippen LogP contribution is -2.36. The van der Waals surface area contributed by atoms with E-state index < -0.39 is 0 Å². The maximum atomic E-state index is 13.6. The summed E-state index contributed by atoms with van der Waals surface area (Å²) >= 11 is 0. The average molecular weight is 236 g/mol. The van der Waals surface area contributed by atoms with Gasteiger partial charge in [0.15, 0.2) is 0 Å². The molecule has 0 aliphatic carbocycles. The summed E-state index contributed by atoms with van der Waals surface area (Å²) in [5.74, 6) is -0.118. The van der Waals surface area contributed by atoms with Gasteiger partial charge >= 0.3 is 0 Å². The topological polar surface area (TPSA) is 15.3 Å². The second-order valence-electron chi connectivity index (χ2n) is 4.93. The zero-order chi connectivity index (χ0) is 12.3. The molecule has 0 amide bonds. The summed E-state index contributed by atoms with van der Waals surface area (Å²) in [4.78, 5) is 2.38. The fourth-order valence-electron chi connectivity index (χ4n) is 2.49. The summed E-state index contributed by atoms with van der Waals surface area (Å²) in [5, 5.41) is 3.43. The van der Waals surface area contributed by atoms with Gasteiger partial charge in [-0.05, 0) is 39.4 Å². The Kier molecular flexibility index (Phi) is 4.13. The summed E-state index contributed by atoms with van der Waals surface area (Å²) in [6.45, 7) is 4.14. The van der Waals surface area contributed by atoms with Crippen molar-refractivity contribution in [2.75, 3.05) is 20.1 Å². The largest absolute Gasteiger partial charge is 0.309 e. The Hall–Kier alpha value is -0.930. The Balaban J connectivity index is 1.89. The van der Waals surface area contributed by atoms with Crippen molar-refractivity contribution in [3.05, 3.63) is 35.6 Å². The highest BCUT2D eigenvalue weighted by atomic mass is 19.1. The molecule has 2 atom stereocenters. The summed E-state index contributed by atoms with van der Waals surface area (Å²) in [7, 11) is 2.16. The van der Waals surface area contributed by atoms with Gasteiger partial charge in [0, 0.05) is 24.2 Å². The van der Waals surface area contributed by atoms with Crippen LogP contribution in [0.2, 0.25) is 0 Å². The highest BCUT2D eigenvalue weighted by Crippen LogP contribution is 2.18. The number of nitrogens with one attached hydrogen (secondary N) is 1. The molecule has 94 valence electrons. The second kappa shape index (κ2) is 5.61. The molecular weight excluding hydrogens is 215 g/mol. The molecule has 0 radical (unpaired) electrons. The number of likely N-dealkylation sites (tertiary alicyclic amines) is 1. The van der Waals surface area contributed by atoms with E-state index in [1.54, 1.807) is 6.07 Å². The van der Waals surface area contributed by atoms with Gasteiger partial charge in [-0.2, -0.15) is 0 Å². The first-order chi connectivity index (χ1) is 8.18. The number of rotatable bonds is 4. The summed E-state index contributed by atoms with van der Waals surface area (Å²) < 4.78 is 13.6. The molecule has 1 aromatic rings. The van der Waals surface area contributed by atoms with Gasteiger partial charge in [-0.1, -0.05) is 18.2 Å². The van der Waals surface area contributed by atoms with Gasteiger partial charge in [-0.25, -0.2) is 4.39 Å². The Bertz CT molecular complexity index is 367. The Morgan fingerprint density at radius 1 is 1.47 bits per heavy atom. The first-order valence-corrected chi connectivity index (χ1v) is 6.36. The van der Waals surface area contributed by atoms with Gasteiger partial charge < -0.3 is 10.2 Å². The van der Waals surface area contributed by atoms with Gasteiger partial charge in [-0.15, -0.1) is 0 Å². The van der Waals surface area contributed by atoms with Crippen LogP contribution in [0.15, 0.2) is 24.3 Å². The van der Waals surface area contributed by atoms with Crippen LogP contribution in [0.4, 0.5) is 4.39 Å². The van der Waals surface area contributed by atoms with E-state index in [9.17, 15) is 4.39 Å². The van der Waals surface area contributed by atoms with Crippen LogP contribution in [0, 0.1) is 5.82 Å². The molecule has 17 heavy (non-hydrogen) atoms. The lowest BCUT2D eigenvalue weighted by molar-refractivity contribution is 0.293. The maximum absolute atomic E-state index is 13.6. The Morgan fingerprint density at radius 3 is 2.88 bits per heavy atom. The van der Waals surface area contributed by atoms with Crippen molar-refractivity contribution < 1.29 is 4.39 Å².